The van der Waals surface area contributed by atoms with Gasteiger partial charge in [-0.05, 0) is 63.4 Å². The van der Waals surface area contributed by atoms with Crippen LogP contribution in [0.2, 0.25) is 0 Å². The summed E-state index contributed by atoms with van der Waals surface area (Å²) in [5.74, 6) is 1.73. The summed E-state index contributed by atoms with van der Waals surface area (Å²) >= 11 is 0. The largest absolute Gasteiger partial charge is 0.472 e. The third kappa shape index (κ3) is 4.85. The van der Waals surface area contributed by atoms with Crippen molar-refractivity contribution in [1.29, 1.82) is 0 Å². The quantitative estimate of drug-likeness (QED) is 0.560. The summed E-state index contributed by atoms with van der Waals surface area (Å²) in [5, 5.41) is 14.3. The summed E-state index contributed by atoms with van der Waals surface area (Å²) in [6.45, 7) is 7.34. The van der Waals surface area contributed by atoms with Gasteiger partial charge in [0.15, 0.2) is 5.82 Å². The smallest absolute Gasteiger partial charge is 0.407 e. The Bertz CT molecular complexity index is 1230. The van der Waals surface area contributed by atoms with Crippen molar-refractivity contribution in [2.75, 3.05) is 5.32 Å². The molecule has 0 saturated heterocycles. The van der Waals surface area contributed by atoms with E-state index in [4.69, 9.17) is 14.0 Å². The van der Waals surface area contributed by atoms with E-state index >= 15 is 0 Å². The van der Waals surface area contributed by atoms with Gasteiger partial charge in [-0.15, -0.1) is 0 Å². The van der Waals surface area contributed by atoms with Crippen LogP contribution in [0, 0.1) is 12.8 Å². The number of nitrogens with one attached hydrogen (secondary N) is 2. The molecule has 0 bridgehead atoms. The summed E-state index contributed by atoms with van der Waals surface area (Å²) in [4.78, 5) is 24.0. The van der Waals surface area contributed by atoms with Crippen LogP contribution in [-0.2, 0) is 9.53 Å². The molecule has 2 N–H and O–H groups in total. The molecule has 3 aromatic rings. The number of aromatic nitrogens is 3. The predicted molar refractivity (Wildman–Crippen MR) is 124 cm³/mol. The average molecular weight is 468 g/mol. The fraction of sp³-hybridized carbons (Fsp3) is 0.500. The molecule has 34 heavy (non-hydrogen) atoms. The zero-order valence-corrected chi connectivity index (χ0v) is 19.8. The number of ether oxygens (including phenoxy) is 2. The van der Waals surface area contributed by atoms with Crippen molar-refractivity contribution in [2.24, 2.45) is 5.92 Å². The van der Waals surface area contributed by atoms with Crippen molar-refractivity contribution >= 4 is 23.3 Å². The third-order valence-electron chi connectivity index (χ3n) is 5.88. The first-order valence-corrected chi connectivity index (χ1v) is 11.6. The van der Waals surface area contributed by atoms with Crippen LogP contribution in [0.5, 0.6) is 5.88 Å². The number of carbonyl (C=O) groups excluding carboxylic acids is 2. The zero-order valence-electron chi connectivity index (χ0n) is 19.8. The second-order valence-electron chi connectivity index (χ2n) is 10.1. The fourth-order valence-corrected chi connectivity index (χ4v) is 3.96. The van der Waals surface area contributed by atoms with E-state index in [0.29, 0.717) is 30.3 Å². The minimum Gasteiger partial charge on any atom is -0.472 e. The van der Waals surface area contributed by atoms with Gasteiger partial charge in [-0.3, -0.25) is 4.79 Å². The van der Waals surface area contributed by atoms with Crippen LogP contribution in [0.15, 0.2) is 28.9 Å². The van der Waals surface area contributed by atoms with Crippen LogP contribution in [0.1, 0.15) is 52.2 Å². The number of alkyl carbamates (subject to hydrolysis) is 1. The first kappa shape index (κ1) is 22.2. The second-order valence-corrected chi connectivity index (χ2v) is 10.1. The number of rotatable bonds is 6. The average Bonchev–Trinajstić information content (AvgIpc) is 3.40. The summed E-state index contributed by atoms with van der Waals surface area (Å²) < 4.78 is 18.5. The Morgan fingerprint density at radius 1 is 1.21 bits per heavy atom. The van der Waals surface area contributed by atoms with E-state index in [1.807, 2.05) is 52.1 Å². The highest BCUT2D eigenvalue weighted by Crippen LogP contribution is 2.36. The number of aryl methyl sites for hydroxylation is 1. The molecule has 10 nitrogen and oxygen atoms in total. The van der Waals surface area contributed by atoms with E-state index in [-0.39, 0.29) is 24.0 Å². The zero-order chi connectivity index (χ0) is 24.0. The maximum Gasteiger partial charge on any atom is 0.407 e. The lowest BCUT2D eigenvalue weighted by Gasteiger charge is -2.35. The lowest BCUT2D eigenvalue weighted by atomic mass is 9.89. The predicted octanol–water partition coefficient (Wildman–Crippen LogP) is 4.08. The van der Waals surface area contributed by atoms with E-state index in [1.165, 1.54) is 0 Å². The van der Waals surface area contributed by atoms with E-state index in [1.54, 1.807) is 4.52 Å². The van der Waals surface area contributed by atoms with Gasteiger partial charge in [0, 0.05) is 37.1 Å². The van der Waals surface area contributed by atoms with Crippen LogP contribution in [0.3, 0.4) is 0 Å². The molecule has 0 aliphatic heterocycles. The Morgan fingerprint density at radius 2 is 1.97 bits per heavy atom. The molecule has 5 rings (SSSR count). The monoisotopic (exact) mass is 467 g/mol. The highest BCUT2D eigenvalue weighted by atomic mass is 16.6. The lowest BCUT2D eigenvalue weighted by molar-refractivity contribution is -0.117. The van der Waals surface area contributed by atoms with Crippen LogP contribution in [-0.4, -0.2) is 44.5 Å². The second kappa shape index (κ2) is 8.34. The first-order valence-electron chi connectivity index (χ1n) is 11.6. The van der Waals surface area contributed by atoms with Crippen LogP contribution in [0.25, 0.3) is 16.6 Å². The molecular weight excluding hydrogens is 438 g/mol. The highest BCUT2D eigenvalue weighted by Gasteiger charge is 2.35. The minimum atomic E-state index is -0.531. The number of carbonyl (C=O) groups is 2. The number of fused-ring (bicyclic) bond motifs is 1. The van der Waals surface area contributed by atoms with E-state index < -0.39 is 11.7 Å². The van der Waals surface area contributed by atoms with Gasteiger partial charge in [0.05, 0.1) is 11.1 Å². The molecule has 180 valence electrons. The summed E-state index contributed by atoms with van der Waals surface area (Å²) in [5.41, 5.74) is 1.96. The van der Waals surface area contributed by atoms with E-state index in [9.17, 15) is 9.59 Å². The topological polar surface area (TPSA) is 120 Å². The maximum absolute atomic E-state index is 12.0. The number of anilines is 1. The number of pyridine rings is 1. The fourth-order valence-electron chi connectivity index (χ4n) is 3.96. The minimum absolute atomic E-state index is 0.00344. The number of nitrogens with zero attached hydrogens (tertiary/aromatic N) is 3. The van der Waals surface area contributed by atoms with Crippen molar-refractivity contribution in [2.45, 2.75) is 71.1 Å². The molecule has 3 aromatic heterocycles. The number of hydrogen-bond donors (Lipinski definition) is 2. The van der Waals surface area contributed by atoms with Crippen LogP contribution < -0.4 is 15.4 Å². The highest BCUT2D eigenvalue weighted by molar-refractivity contribution is 5.93. The molecule has 2 amide bonds. The standard InChI is InChI=1S/C24H29N5O5/c1-13-20(15-7-8-29-17(9-15)12-19(27-29)26-21(30)14-5-6-14)22(28-34-13)32-18-10-16(11-18)25-23(31)33-24(2,3)4/h7-9,12,14,16,18H,5-6,10-11H2,1-4H3,(H,25,31)(H,26,27,30)/t16-,18-. The van der Waals surface area contributed by atoms with Gasteiger partial charge >= 0.3 is 6.09 Å². The number of hydrogen-bond acceptors (Lipinski definition) is 7. The van der Waals surface area contributed by atoms with Crippen molar-refractivity contribution < 1.29 is 23.6 Å². The molecule has 2 aliphatic carbocycles. The molecule has 2 aliphatic rings. The Hall–Kier alpha value is -3.56. The van der Waals surface area contributed by atoms with E-state index in [2.05, 4.69) is 20.9 Å². The molecule has 0 atom stereocenters. The molecule has 0 radical (unpaired) electrons. The normalized spacial score (nSPS) is 20.0. The van der Waals surface area contributed by atoms with E-state index in [0.717, 1.165) is 29.5 Å². The Labute approximate surface area is 197 Å². The Kier molecular flexibility index (Phi) is 5.45. The third-order valence-corrected chi connectivity index (χ3v) is 5.88. The van der Waals surface area contributed by atoms with Crippen molar-refractivity contribution in [3.63, 3.8) is 0 Å². The maximum atomic E-state index is 12.0. The molecule has 0 aromatic carbocycles. The van der Waals surface area contributed by atoms with Crippen LogP contribution in [0.4, 0.5) is 10.6 Å². The van der Waals surface area contributed by atoms with Crippen molar-refractivity contribution in [1.82, 2.24) is 20.1 Å². The summed E-state index contributed by atoms with van der Waals surface area (Å²) in [6, 6.07) is 5.71. The molecule has 0 unspecified atom stereocenters. The number of amides is 2. The van der Waals surface area contributed by atoms with Crippen molar-refractivity contribution in [3.8, 4) is 17.0 Å². The first-order chi connectivity index (χ1) is 16.1. The van der Waals surface area contributed by atoms with Gasteiger partial charge in [-0.1, -0.05) is 0 Å². The lowest BCUT2D eigenvalue weighted by Crippen LogP contribution is -2.50. The van der Waals surface area contributed by atoms with Gasteiger partial charge in [-0.25, -0.2) is 9.31 Å². The van der Waals surface area contributed by atoms with Crippen LogP contribution >= 0.6 is 0 Å². The summed E-state index contributed by atoms with van der Waals surface area (Å²) in [7, 11) is 0. The Morgan fingerprint density at radius 3 is 2.68 bits per heavy atom. The van der Waals surface area contributed by atoms with Gasteiger partial charge in [-0.2, -0.15) is 5.10 Å². The molecule has 3 heterocycles. The Balaban J connectivity index is 1.24. The SMILES string of the molecule is Cc1onc(O[C@H]2C[C@H](NC(=O)OC(C)(C)C)C2)c1-c1ccn2nc(NC(=O)C3CC3)cc2c1. The van der Waals surface area contributed by atoms with Gasteiger partial charge in [0.2, 0.25) is 5.91 Å². The molecule has 0 spiro atoms. The molecule has 2 saturated carbocycles. The van der Waals surface area contributed by atoms with Crippen molar-refractivity contribution in [3.05, 3.63) is 30.2 Å². The molecule has 10 heteroatoms. The van der Waals surface area contributed by atoms with Gasteiger partial charge in [0.1, 0.15) is 17.5 Å². The molecular formula is C24H29N5O5. The van der Waals surface area contributed by atoms with Gasteiger partial charge < -0.3 is 24.6 Å². The van der Waals surface area contributed by atoms with Gasteiger partial charge in [0.25, 0.3) is 5.88 Å². The molecule has 2 fully saturated rings. The summed E-state index contributed by atoms with van der Waals surface area (Å²) in [6.07, 6.45) is 4.54.